The van der Waals surface area contributed by atoms with Gasteiger partial charge in [-0.2, -0.15) is 0 Å². The predicted octanol–water partition coefficient (Wildman–Crippen LogP) is 19.6. The van der Waals surface area contributed by atoms with E-state index in [9.17, 15) is 14.4 Å². The Morgan fingerprint density at radius 3 is 0.912 bits per heavy atom. The minimum absolute atomic E-state index is 0.0835. The number of hydrogen-bond donors (Lipinski definition) is 0. The van der Waals surface area contributed by atoms with E-state index in [1.165, 1.54) is 167 Å². The van der Waals surface area contributed by atoms with Gasteiger partial charge in [-0.15, -0.1) is 0 Å². The molecule has 394 valence electrons. The maximum absolute atomic E-state index is 12.7. The smallest absolute Gasteiger partial charge is 0.306 e. The van der Waals surface area contributed by atoms with E-state index in [4.69, 9.17) is 14.2 Å². The van der Waals surface area contributed by atoms with Crippen LogP contribution in [0.1, 0.15) is 297 Å². The zero-order chi connectivity index (χ0) is 49.3. The lowest BCUT2D eigenvalue weighted by Gasteiger charge is -2.18. The molecule has 0 aromatic heterocycles. The van der Waals surface area contributed by atoms with Gasteiger partial charge in [0.1, 0.15) is 13.2 Å². The highest BCUT2D eigenvalue weighted by Gasteiger charge is 2.19. The maximum Gasteiger partial charge on any atom is 0.306 e. The Morgan fingerprint density at radius 2 is 0.574 bits per heavy atom. The van der Waals surface area contributed by atoms with Crippen LogP contribution >= 0.6 is 0 Å². The molecular formula is C62H110O6. The highest BCUT2D eigenvalue weighted by Crippen LogP contribution is 2.16. The van der Waals surface area contributed by atoms with Crippen molar-refractivity contribution in [1.82, 2.24) is 0 Å². The molecule has 0 aromatic carbocycles. The van der Waals surface area contributed by atoms with Gasteiger partial charge in [0.05, 0.1) is 0 Å². The minimum Gasteiger partial charge on any atom is -0.462 e. The molecule has 0 saturated carbocycles. The Kier molecular flexibility index (Phi) is 54.3. The Balaban J connectivity index is 3.97. The van der Waals surface area contributed by atoms with Crippen LogP contribution < -0.4 is 0 Å². The van der Waals surface area contributed by atoms with Crippen molar-refractivity contribution in [3.05, 3.63) is 60.8 Å². The largest absolute Gasteiger partial charge is 0.462 e. The zero-order valence-electron chi connectivity index (χ0n) is 45.1. The van der Waals surface area contributed by atoms with Gasteiger partial charge in [0.25, 0.3) is 0 Å². The molecule has 68 heavy (non-hydrogen) atoms. The number of allylic oxidation sites excluding steroid dienone is 10. The third-order valence-electron chi connectivity index (χ3n) is 12.8. The molecule has 0 rings (SSSR count). The van der Waals surface area contributed by atoms with Crippen molar-refractivity contribution in [3.8, 4) is 0 Å². The molecule has 0 bridgehead atoms. The predicted molar refractivity (Wildman–Crippen MR) is 293 cm³/mol. The van der Waals surface area contributed by atoms with Crippen molar-refractivity contribution in [1.29, 1.82) is 0 Å². The maximum atomic E-state index is 12.7. The Bertz CT molecular complexity index is 1230. The molecule has 1 atom stereocenters. The third kappa shape index (κ3) is 54.1. The van der Waals surface area contributed by atoms with Gasteiger partial charge in [-0.1, -0.05) is 255 Å². The number of ether oxygens (including phenoxy) is 3. The average molecular weight is 952 g/mol. The van der Waals surface area contributed by atoms with Gasteiger partial charge in [-0.05, 0) is 83.5 Å². The zero-order valence-corrected chi connectivity index (χ0v) is 45.1. The molecule has 0 aliphatic carbocycles. The monoisotopic (exact) mass is 951 g/mol. The quantitative estimate of drug-likeness (QED) is 0.0262. The van der Waals surface area contributed by atoms with Crippen LogP contribution in [-0.4, -0.2) is 37.2 Å². The highest BCUT2D eigenvalue weighted by molar-refractivity contribution is 5.71. The van der Waals surface area contributed by atoms with E-state index in [0.717, 1.165) is 89.9 Å². The van der Waals surface area contributed by atoms with Crippen molar-refractivity contribution < 1.29 is 28.6 Å². The van der Waals surface area contributed by atoms with Crippen LogP contribution in [0.25, 0.3) is 0 Å². The highest BCUT2D eigenvalue weighted by atomic mass is 16.6. The summed E-state index contributed by atoms with van der Waals surface area (Å²) in [4.78, 5) is 37.8. The SMILES string of the molecule is CC/C=C\C/C=C\C/C=C\CCCCCC(=O)OC(COC(=O)CCCCCCCC)COC(=O)CCCCCCCCCCCCCCCCCCCCC/C=C\C/C=C\CCCCCCC. The van der Waals surface area contributed by atoms with Gasteiger partial charge >= 0.3 is 17.9 Å². The fraction of sp³-hybridized carbons (Fsp3) is 0.790. The summed E-state index contributed by atoms with van der Waals surface area (Å²) in [6.07, 6.45) is 71.3. The van der Waals surface area contributed by atoms with E-state index < -0.39 is 6.10 Å². The van der Waals surface area contributed by atoms with Crippen LogP contribution in [0, 0.1) is 0 Å². The minimum atomic E-state index is -0.783. The number of unbranched alkanes of at least 4 members (excludes halogenated alkanes) is 32. The van der Waals surface area contributed by atoms with Gasteiger partial charge in [-0.3, -0.25) is 14.4 Å². The topological polar surface area (TPSA) is 78.9 Å². The number of rotatable bonds is 53. The Morgan fingerprint density at radius 1 is 0.309 bits per heavy atom. The molecular weight excluding hydrogens is 841 g/mol. The molecule has 0 radical (unpaired) electrons. The fourth-order valence-corrected chi connectivity index (χ4v) is 8.37. The number of carbonyl (C=O) groups excluding carboxylic acids is 3. The van der Waals surface area contributed by atoms with Crippen molar-refractivity contribution in [3.63, 3.8) is 0 Å². The molecule has 0 aliphatic rings. The molecule has 0 N–H and O–H groups in total. The lowest BCUT2D eigenvalue weighted by atomic mass is 10.0. The second-order valence-corrected chi connectivity index (χ2v) is 19.5. The summed E-state index contributed by atoms with van der Waals surface area (Å²) in [5.41, 5.74) is 0. The first-order chi connectivity index (χ1) is 33.5. The summed E-state index contributed by atoms with van der Waals surface area (Å²) in [7, 11) is 0. The summed E-state index contributed by atoms with van der Waals surface area (Å²) in [6, 6.07) is 0. The second-order valence-electron chi connectivity index (χ2n) is 19.5. The Labute approximate surface area is 421 Å². The molecule has 0 heterocycles. The van der Waals surface area contributed by atoms with E-state index in [0.29, 0.717) is 19.3 Å². The van der Waals surface area contributed by atoms with Crippen molar-refractivity contribution in [2.24, 2.45) is 0 Å². The normalized spacial score (nSPS) is 12.5. The Hall–Kier alpha value is -2.89. The third-order valence-corrected chi connectivity index (χ3v) is 12.8. The van der Waals surface area contributed by atoms with Crippen LogP contribution in [0.15, 0.2) is 60.8 Å². The van der Waals surface area contributed by atoms with Gasteiger partial charge in [0.2, 0.25) is 0 Å². The summed E-state index contributed by atoms with van der Waals surface area (Å²) >= 11 is 0. The molecule has 0 amide bonds. The van der Waals surface area contributed by atoms with Gasteiger partial charge in [-0.25, -0.2) is 0 Å². The molecule has 0 spiro atoms. The summed E-state index contributed by atoms with van der Waals surface area (Å²) in [6.45, 7) is 6.45. The van der Waals surface area contributed by atoms with Crippen LogP contribution in [-0.2, 0) is 28.6 Å². The molecule has 0 fully saturated rings. The van der Waals surface area contributed by atoms with Gasteiger partial charge in [0, 0.05) is 19.3 Å². The number of esters is 3. The summed E-state index contributed by atoms with van der Waals surface area (Å²) in [5, 5.41) is 0. The lowest BCUT2D eigenvalue weighted by Crippen LogP contribution is -2.30. The second kappa shape index (κ2) is 56.7. The van der Waals surface area contributed by atoms with E-state index in [1.807, 2.05) is 0 Å². The molecule has 1 unspecified atom stereocenters. The first-order valence-electron chi connectivity index (χ1n) is 29.3. The van der Waals surface area contributed by atoms with Crippen LogP contribution in [0.4, 0.5) is 0 Å². The summed E-state index contributed by atoms with van der Waals surface area (Å²) < 4.78 is 16.7. The lowest BCUT2D eigenvalue weighted by molar-refractivity contribution is -0.167. The number of carbonyl (C=O) groups is 3. The molecule has 0 aromatic rings. The first-order valence-corrected chi connectivity index (χ1v) is 29.3. The van der Waals surface area contributed by atoms with Crippen LogP contribution in [0.5, 0.6) is 0 Å². The fourth-order valence-electron chi connectivity index (χ4n) is 8.37. The van der Waals surface area contributed by atoms with Crippen molar-refractivity contribution in [2.45, 2.75) is 303 Å². The van der Waals surface area contributed by atoms with Crippen molar-refractivity contribution >= 4 is 17.9 Å². The molecule has 0 aliphatic heterocycles. The number of hydrogen-bond acceptors (Lipinski definition) is 6. The summed E-state index contributed by atoms with van der Waals surface area (Å²) in [5.74, 6) is -0.915. The van der Waals surface area contributed by atoms with Crippen LogP contribution in [0.2, 0.25) is 0 Å². The molecule has 6 heteroatoms. The molecule has 6 nitrogen and oxygen atoms in total. The first kappa shape index (κ1) is 65.1. The van der Waals surface area contributed by atoms with Crippen LogP contribution in [0.3, 0.4) is 0 Å². The van der Waals surface area contributed by atoms with E-state index in [-0.39, 0.29) is 31.1 Å². The van der Waals surface area contributed by atoms with E-state index >= 15 is 0 Å². The standard InChI is InChI=1S/C62H110O6/c1-4-7-10-13-16-18-20-22-23-24-25-26-27-28-29-30-31-32-33-34-35-36-37-38-39-41-42-44-46-49-52-55-61(64)67-58-59(57-66-60(63)54-51-48-15-12-9-6-3)68-62(65)56-53-50-47-45-43-40-21-19-17-14-11-8-5-2/h8,11,17,19-20,22,24-25,40,43,59H,4-7,9-10,12-16,18,21,23,26-39,41-42,44-58H2,1-3H3/b11-8-,19-17-,22-20-,25-24-,43-40-. The van der Waals surface area contributed by atoms with Gasteiger partial charge in [0.15, 0.2) is 6.10 Å². The van der Waals surface area contributed by atoms with Crippen molar-refractivity contribution in [2.75, 3.05) is 13.2 Å². The van der Waals surface area contributed by atoms with E-state index in [1.54, 1.807) is 0 Å². The molecule has 0 saturated heterocycles. The van der Waals surface area contributed by atoms with Gasteiger partial charge < -0.3 is 14.2 Å². The van der Waals surface area contributed by atoms with E-state index in [2.05, 4.69) is 81.5 Å². The average Bonchev–Trinajstić information content (AvgIpc) is 3.34.